The molecule has 0 saturated heterocycles. The van der Waals surface area contributed by atoms with Crippen LogP contribution in [0.1, 0.15) is 17.3 Å². The Morgan fingerprint density at radius 1 is 1.33 bits per heavy atom. The van der Waals surface area contributed by atoms with Gasteiger partial charge < -0.3 is 16.9 Å². The first kappa shape index (κ1) is 20.0. The van der Waals surface area contributed by atoms with Crippen LogP contribution in [0.2, 0.25) is 0 Å². The third-order valence-electron chi connectivity index (χ3n) is 1.90. The Balaban J connectivity index is 0. The van der Waals surface area contributed by atoms with Crippen molar-refractivity contribution in [1.29, 1.82) is 0 Å². The molecule has 0 bridgehead atoms. The molecule has 0 aliphatic heterocycles. The fraction of sp³-hybridized carbons (Fsp3) is 0.273. The van der Waals surface area contributed by atoms with Crippen molar-refractivity contribution >= 4 is 16.0 Å². The minimum Gasteiger partial charge on any atom is -0.547 e. The van der Waals surface area contributed by atoms with Crippen molar-refractivity contribution in [1.82, 2.24) is 0 Å². The van der Waals surface area contributed by atoms with Gasteiger partial charge in [-0.25, -0.2) is 13.2 Å². The van der Waals surface area contributed by atoms with Gasteiger partial charge >= 0.3 is 5.97 Å². The number of carbonyl (C=O) groups is 1. The third-order valence-corrected chi connectivity index (χ3v) is 3.29. The zero-order valence-corrected chi connectivity index (χ0v) is 14.2. The number of sulfonamides is 1. The molecule has 0 unspecified atom stereocenters. The number of carbonyl (C=O) groups excluding carboxylic acids is 1. The van der Waals surface area contributed by atoms with Gasteiger partial charge in [-0.3, -0.25) is 0 Å². The smallest absolute Gasteiger partial charge is 0.339 e. The molecule has 18 heavy (non-hydrogen) atoms. The molecular formula is C11H15NO4SY-2. The number of rotatable bonds is 4. The second kappa shape index (κ2) is 8.74. The quantitative estimate of drug-likeness (QED) is 0.617. The minimum atomic E-state index is -3.77. The van der Waals surface area contributed by atoms with Crippen LogP contribution < -0.4 is 0 Å². The van der Waals surface area contributed by atoms with Gasteiger partial charge in [0.2, 0.25) is 0 Å². The first-order chi connectivity index (χ1) is 7.53. The van der Waals surface area contributed by atoms with Crippen molar-refractivity contribution in [2.75, 3.05) is 13.7 Å². The van der Waals surface area contributed by atoms with Gasteiger partial charge in [0.15, 0.2) is 0 Å². The van der Waals surface area contributed by atoms with E-state index in [1.54, 1.807) is 13.0 Å². The van der Waals surface area contributed by atoms with Gasteiger partial charge in [0.1, 0.15) is 10.0 Å². The Morgan fingerprint density at radius 2 is 1.89 bits per heavy atom. The Hall–Kier alpha value is -0.296. The van der Waals surface area contributed by atoms with Crippen molar-refractivity contribution in [2.45, 2.75) is 11.8 Å². The Morgan fingerprint density at radius 3 is 2.39 bits per heavy atom. The molecule has 0 amide bonds. The van der Waals surface area contributed by atoms with E-state index in [0.717, 1.165) is 7.05 Å². The van der Waals surface area contributed by atoms with E-state index in [-0.39, 0.29) is 57.2 Å². The fourth-order valence-corrected chi connectivity index (χ4v) is 2.04. The van der Waals surface area contributed by atoms with Crippen LogP contribution in [-0.4, -0.2) is 28.0 Å². The average molecular weight is 346 g/mol. The third kappa shape index (κ3) is 4.76. The summed E-state index contributed by atoms with van der Waals surface area (Å²) in [7, 11) is -2.60. The molecule has 7 heteroatoms. The number of ether oxygens (including phenoxy) is 1. The van der Waals surface area contributed by atoms with Crippen LogP contribution in [-0.2, 0) is 47.5 Å². The molecule has 0 atom stereocenters. The summed E-state index contributed by atoms with van der Waals surface area (Å²) in [6.07, 6.45) is 0. The van der Waals surface area contributed by atoms with Crippen LogP contribution in [0, 0.1) is 7.43 Å². The van der Waals surface area contributed by atoms with Crippen LogP contribution in [0.15, 0.2) is 29.2 Å². The number of esters is 1. The Labute approximate surface area is 133 Å². The summed E-state index contributed by atoms with van der Waals surface area (Å²) < 4.78 is 31.1. The van der Waals surface area contributed by atoms with E-state index >= 15 is 0 Å². The molecule has 1 radical (unpaired) electrons. The zero-order valence-electron chi connectivity index (χ0n) is 10.6. The fourth-order valence-electron chi connectivity index (χ4n) is 1.17. The zero-order chi connectivity index (χ0) is 12.2. The number of benzene rings is 1. The predicted octanol–water partition coefficient (Wildman–Crippen LogP) is 2.00. The normalized spacial score (nSPS) is 9.89. The summed E-state index contributed by atoms with van der Waals surface area (Å²) >= 11 is 0. The Kier molecular flexibility index (Phi) is 9.73. The maximum Gasteiger partial charge on any atom is 0.339 e. The molecule has 5 nitrogen and oxygen atoms in total. The maximum absolute atomic E-state index is 11.6. The molecule has 0 heterocycles. The van der Waals surface area contributed by atoms with Crippen molar-refractivity contribution in [3.05, 3.63) is 42.0 Å². The van der Waals surface area contributed by atoms with Crippen LogP contribution in [0.4, 0.5) is 0 Å². The van der Waals surface area contributed by atoms with E-state index < -0.39 is 16.0 Å². The van der Waals surface area contributed by atoms with Crippen molar-refractivity contribution < 1.29 is 50.7 Å². The average Bonchev–Trinajstić information content (AvgIpc) is 2.29. The molecule has 0 N–H and O–H groups in total. The van der Waals surface area contributed by atoms with Gasteiger partial charge in [-0.15, -0.1) is 0 Å². The maximum atomic E-state index is 11.6. The van der Waals surface area contributed by atoms with E-state index in [9.17, 15) is 13.2 Å². The monoisotopic (exact) mass is 346 g/mol. The summed E-state index contributed by atoms with van der Waals surface area (Å²) in [5, 5.41) is 0. The second-order valence-corrected chi connectivity index (χ2v) is 4.63. The van der Waals surface area contributed by atoms with Gasteiger partial charge in [0.25, 0.3) is 0 Å². The standard InChI is InChI=1S/C10H12NO4S.CH3.Y/c1-3-15-10(12)8-6-4-5-7-9(8)16(13,14)11-2;;/h4-7H,3H2,1-2H3;1H3;/q2*-1;. The predicted molar refractivity (Wildman–Crippen MR) is 65.3 cm³/mol. The number of nitrogens with zero attached hydrogens (tertiary/aromatic N) is 1. The first-order valence-corrected chi connectivity index (χ1v) is 6.09. The van der Waals surface area contributed by atoms with E-state index in [2.05, 4.69) is 4.72 Å². The molecule has 0 fully saturated rings. The van der Waals surface area contributed by atoms with E-state index in [4.69, 9.17) is 4.74 Å². The number of hydrogen-bond donors (Lipinski definition) is 0. The molecule has 1 rings (SSSR count). The topological polar surface area (TPSA) is 74.5 Å². The number of hydrogen-bond acceptors (Lipinski definition) is 4. The van der Waals surface area contributed by atoms with Crippen LogP contribution >= 0.6 is 0 Å². The molecule has 0 aliphatic carbocycles. The molecule has 0 aliphatic rings. The van der Waals surface area contributed by atoms with Gasteiger partial charge in [-0.05, 0) is 19.1 Å². The molecule has 1 aromatic carbocycles. The molecule has 1 aromatic rings. The molecular weight excluding hydrogens is 331 g/mol. The van der Waals surface area contributed by atoms with Crippen molar-refractivity contribution in [3.63, 3.8) is 0 Å². The summed E-state index contributed by atoms with van der Waals surface area (Å²) in [5.74, 6) is -0.662. The largest absolute Gasteiger partial charge is 0.547 e. The summed E-state index contributed by atoms with van der Waals surface area (Å²) in [6, 6.07) is 5.83. The summed E-state index contributed by atoms with van der Waals surface area (Å²) in [5.41, 5.74) is 0.00921. The van der Waals surface area contributed by atoms with Crippen LogP contribution in [0.25, 0.3) is 4.72 Å². The van der Waals surface area contributed by atoms with E-state index in [1.807, 2.05) is 0 Å². The van der Waals surface area contributed by atoms with E-state index in [1.165, 1.54) is 18.2 Å². The summed E-state index contributed by atoms with van der Waals surface area (Å²) in [6.45, 7) is 1.84. The molecule has 0 saturated carbocycles. The molecule has 0 spiro atoms. The van der Waals surface area contributed by atoms with Gasteiger partial charge in [0.05, 0.1) is 17.1 Å². The Bertz CT molecular complexity index is 488. The van der Waals surface area contributed by atoms with E-state index in [0.29, 0.717) is 0 Å². The van der Waals surface area contributed by atoms with Gasteiger partial charge in [-0.1, -0.05) is 12.1 Å². The minimum absolute atomic E-state index is 0. The van der Waals surface area contributed by atoms with Gasteiger partial charge in [0, 0.05) is 32.7 Å². The van der Waals surface area contributed by atoms with Crippen LogP contribution in [0.3, 0.4) is 0 Å². The SMILES string of the molecule is CCOC(=O)c1ccccc1S(=O)(=O)[N-]C.[CH3-].[Y]. The second-order valence-electron chi connectivity index (χ2n) is 2.87. The molecule has 0 aromatic heterocycles. The first-order valence-electron chi connectivity index (χ1n) is 4.65. The van der Waals surface area contributed by atoms with Crippen molar-refractivity contribution in [3.8, 4) is 0 Å². The summed E-state index contributed by atoms with van der Waals surface area (Å²) in [4.78, 5) is 11.4. The van der Waals surface area contributed by atoms with Gasteiger partial charge in [-0.2, -0.15) is 7.05 Å². The molecule has 99 valence electrons. The van der Waals surface area contributed by atoms with Crippen molar-refractivity contribution in [2.24, 2.45) is 0 Å². The van der Waals surface area contributed by atoms with Crippen LogP contribution in [0.5, 0.6) is 0 Å².